The molecule has 0 heterocycles. The fourth-order valence-corrected chi connectivity index (χ4v) is 3.00. The Labute approximate surface area is 93.0 Å². The third kappa shape index (κ3) is 2.36. The van der Waals surface area contributed by atoms with Gasteiger partial charge in [-0.25, -0.2) is 0 Å². The third-order valence-corrected chi connectivity index (χ3v) is 4.61. The summed E-state index contributed by atoms with van der Waals surface area (Å²) in [7, 11) is 0. The second kappa shape index (κ2) is 3.74. The van der Waals surface area contributed by atoms with Crippen LogP contribution in [-0.2, 0) is 0 Å². The maximum atomic E-state index is 6.23. The molecule has 0 unspecified atom stereocenters. The number of nitrogens with one attached hydrogen (secondary N) is 1. The van der Waals surface area contributed by atoms with E-state index in [0.29, 0.717) is 0 Å². The highest BCUT2D eigenvalue weighted by Crippen LogP contribution is 2.44. The fourth-order valence-electron chi connectivity index (χ4n) is 3.00. The smallest absolute Gasteiger partial charge is 0.0166 e. The Hall–Kier alpha value is -0.0800. The molecule has 0 radical (unpaired) electrons. The van der Waals surface area contributed by atoms with Crippen LogP contribution >= 0.6 is 0 Å². The fraction of sp³-hybridized carbons (Fsp3) is 1.00. The molecule has 2 nitrogen and oxygen atoms in total. The lowest BCUT2D eigenvalue weighted by Crippen LogP contribution is -2.49. The van der Waals surface area contributed by atoms with Crippen molar-refractivity contribution in [2.45, 2.75) is 62.9 Å². The van der Waals surface area contributed by atoms with Crippen molar-refractivity contribution in [3.05, 3.63) is 0 Å². The minimum atomic E-state index is 0.213. The molecule has 3 saturated carbocycles. The van der Waals surface area contributed by atoms with Crippen LogP contribution in [0.25, 0.3) is 0 Å². The van der Waals surface area contributed by atoms with Crippen molar-refractivity contribution in [1.29, 1.82) is 0 Å². The van der Waals surface area contributed by atoms with E-state index >= 15 is 0 Å². The van der Waals surface area contributed by atoms with Gasteiger partial charge >= 0.3 is 0 Å². The lowest BCUT2D eigenvalue weighted by Gasteiger charge is -2.38. The number of hydrogen-bond donors (Lipinski definition) is 2. The van der Waals surface area contributed by atoms with E-state index in [1.807, 2.05) is 0 Å². The first-order valence-electron chi connectivity index (χ1n) is 6.79. The molecule has 0 aromatic carbocycles. The highest BCUT2D eigenvalue weighted by molar-refractivity contribution is 4.98. The van der Waals surface area contributed by atoms with Gasteiger partial charge in [-0.3, -0.25) is 0 Å². The van der Waals surface area contributed by atoms with Gasteiger partial charge in [0.2, 0.25) is 0 Å². The van der Waals surface area contributed by atoms with Crippen molar-refractivity contribution >= 4 is 0 Å². The van der Waals surface area contributed by atoms with Gasteiger partial charge in [0.05, 0.1) is 0 Å². The molecular formula is C13H24N2. The maximum Gasteiger partial charge on any atom is 0.0166 e. The lowest BCUT2D eigenvalue weighted by molar-refractivity contribution is 0.223. The average molecular weight is 208 g/mol. The molecule has 0 bridgehead atoms. The van der Waals surface area contributed by atoms with Crippen LogP contribution < -0.4 is 11.1 Å². The molecule has 15 heavy (non-hydrogen) atoms. The Kier molecular flexibility index (Phi) is 2.52. The van der Waals surface area contributed by atoms with Gasteiger partial charge in [-0.05, 0) is 69.7 Å². The summed E-state index contributed by atoms with van der Waals surface area (Å²) in [5.41, 5.74) is 6.45. The van der Waals surface area contributed by atoms with Crippen LogP contribution in [0.4, 0.5) is 0 Å². The second-order valence-corrected chi connectivity index (χ2v) is 6.12. The van der Waals surface area contributed by atoms with E-state index in [4.69, 9.17) is 5.73 Å². The summed E-state index contributed by atoms with van der Waals surface area (Å²) >= 11 is 0. The molecule has 86 valence electrons. The molecule has 0 aliphatic heterocycles. The van der Waals surface area contributed by atoms with Gasteiger partial charge in [0.25, 0.3) is 0 Å². The number of rotatable bonds is 6. The van der Waals surface area contributed by atoms with Crippen LogP contribution in [0.5, 0.6) is 0 Å². The average Bonchev–Trinajstić information content (AvgIpc) is 3.00. The molecule has 3 fully saturated rings. The summed E-state index contributed by atoms with van der Waals surface area (Å²) in [6, 6.07) is 0.855. The molecule has 3 aliphatic carbocycles. The zero-order chi connectivity index (χ0) is 10.3. The molecule has 0 amide bonds. The van der Waals surface area contributed by atoms with Crippen LogP contribution in [0.2, 0.25) is 0 Å². The summed E-state index contributed by atoms with van der Waals surface area (Å²) < 4.78 is 0. The highest BCUT2D eigenvalue weighted by Gasteiger charge is 2.41. The zero-order valence-corrected chi connectivity index (χ0v) is 9.67. The van der Waals surface area contributed by atoms with Crippen molar-refractivity contribution in [3.63, 3.8) is 0 Å². The van der Waals surface area contributed by atoms with Crippen molar-refractivity contribution in [2.75, 3.05) is 6.54 Å². The van der Waals surface area contributed by atoms with E-state index in [2.05, 4.69) is 5.32 Å². The Bertz CT molecular complexity index is 215. The van der Waals surface area contributed by atoms with Crippen LogP contribution in [0, 0.1) is 11.8 Å². The first kappa shape index (κ1) is 10.1. The molecular weight excluding hydrogens is 184 g/mol. The van der Waals surface area contributed by atoms with Crippen LogP contribution in [0.3, 0.4) is 0 Å². The number of hydrogen-bond acceptors (Lipinski definition) is 2. The summed E-state index contributed by atoms with van der Waals surface area (Å²) in [6.45, 7) is 1.16. The highest BCUT2D eigenvalue weighted by atomic mass is 15.0. The van der Waals surface area contributed by atoms with Gasteiger partial charge in [0, 0.05) is 11.6 Å². The minimum absolute atomic E-state index is 0.213. The van der Waals surface area contributed by atoms with E-state index in [0.717, 1.165) is 24.4 Å². The summed E-state index contributed by atoms with van der Waals surface area (Å²) in [6.07, 6.45) is 11.0. The minimum Gasteiger partial charge on any atom is -0.325 e. The predicted molar refractivity (Wildman–Crippen MR) is 62.6 cm³/mol. The van der Waals surface area contributed by atoms with E-state index < -0.39 is 0 Å². The quantitative estimate of drug-likeness (QED) is 0.701. The SMILES string of the molecule is NC1(CCNC(C2CC2)C2CC2)CCC1. The monoisotopic (exact) mass is 208 g/mol. The standard InChI is InChI=1S/C13H24N2/c14-13(6-1-7-13)8-9-15-12(10-2-3-10)11-4-5-11/h10-12,15H,1-9,14H2. The van der Waals surface area contributed by atoms with E-state index in [-0.39, 0.29) is 5.54 Å². The molecule has 0 saturated heterocycles. The van der Waals surface area contributed by atoms with Crippen molar-refractivity contribution < 1.29 is 0 Å². The van der Waals surface area contributed by atoms with Gasteiger partial charge in [-0.2, -0.15) is 0 Å². The first-order valence-corrected chi connectivity index (χ1v) is 6.79. The van der Waals surface area contributed by atoms with Crippen LogP contribution in [0.1, 0.15) is 51.4 Å². The maximum absolute atomic E-state index is 6.23. The van der Waals surface area contributed by atoms with E-state index in [9.17, 15) is 0 Å². The van der Waals surface area contributed by atoms with Crippen molar-refractivity contribution in [3.8, 4) is 0 Å². The van der Waals surface area contributed by atoms with Crippen molar-refractivity contribution in [1.82, 2.24) is 5.32 Å². The predicted octanol–water partition coefficient (Wildman–Crippen LogP) is 2.04. The molecule has 0 aromatic rings. The lowest BCUT2D eigenvalue weighted by atomic mass is 9.75. The molecule has 2 heteroatoms. The summed E-state index contributed by atoms with van der Waals surface area (Å²) in [5, 5.41) is 3.79. The van der Waals surface area contributed by atoms with E-state index in [1.165, 1.54) is 51.4 Å². The molecule has 0 aromatic heterocycles. The summed E-state index contributed by atoms with van der Waals surface area (Å²) in [4.78, 5) is 0. The topological polar surface area (TPSA) is 38.0 Å². The molecule has 0 spiro atoms. The van der Waals surface area contributed by atoms with E-state index in [1.54, 1.807) is 0 Å². The van der Waals surface area contributed by atoms with Gasteiger partial charge in [0.15, 0.2) is 0 Å². The second-order valence-electron chi connectivity index (χ2n) is 6.12. The normalized spacial score (nSPS) is 29.2. The summed E-state index contributed by atoms with van der Waals surface area (Å²) in [5.74, 6) is 2.04. The van der Waals surface area contributed by atoms with Gasteiger partial charge in [-0.1, -0.05) is 0 Å². The molecule has 3 rings (SSSR count). The molecule has 3 N–H and O–H groups in total. The Morgan fingerprint density at radius 2 is 1.73 bits per heavy atom. The molecule has 0 atom stereocenters. The Morgan fingerprint density at radius 3 is 2.13 bits per heavy atom. The Morgan fingerprint density at radius 1 is 1.13 bits per heavy atom. The van der Waals surface area contributed by atoms with Gasteiger partial charge in [0.1, 0.15) is 0 Å². The third-order valence-electron chi connectivity index (χ3n) is 4.61. The van der Waals surface area contributed by atoms with Crippen molar-refractivity contribution in [2.24, 2.45) is 17.6 Å². The van der Waals surface area contributed by atoms with Crippen LogP contribution in [0.15, 0.2) is 0 Å². The van der Waals surface area contributed by atoms with Gasteiger partial charge in [-0.15, -0.1) is 0 Å². The van der Waals surface area contributed by atoms with Crippen LogP contribution in [-0.4, -0.2) is 18.1 Å². The van der Waals surface area contributed by atoms with Gasteiger partial charge < -0.3 is 11.1 Å². The Balaban J connectivity index is 1.40. The zero-order valence-electron chi connectivity index (χ0n) is 9.67. The first-order chi connectivity index (χ1) is 7.27. The molecule has 3 aliphatic rings. The largest absolute Gasteiger partial charge is 0.325 e. The number of nitrogens with two attached hydrogens (primary N) is 1.